The summed E-state index contributed by atoms with van der Waals surface area (Å²) in [5.41, 5.74) is 2.19. The van der Waals surface area contributed by atoms with Crippen LogP contribution >= 0.6 is 0 Å². The van der Waals surface area contributed by atoms with Crippen LogP contribution in [0.15, 0.2) is 48.5 Å². The third-order valence-electron chi connectivity index (χ3n) is 8.40. The lowest BCUT2D eigenvalue weighted by molar-refractivity contribution is 0.0611. The maximum absolute atomic E-state index is 13.8. The van der Waals surface area contributed by atoms with Crippen molar-refractivity contribution < 1.29 is 23.8 Å². The van der Waals surface area contributed by atoms with Crippen LogP contribution in [0, 0.1) is 11.8 Å². The lowest BCUT2D eigenvalue weighted by Crippen LogP contribution is -2.45. The van der Waals surface area contributed by atoms with Crippen molar-refractivity contribution in [2.45, 2.75) is 45.2 Å². The number of rotatable bonds is 14. The molecular weight excluding hydrogens is 532 g/mol. The van der Waals surface area contributed by atoms with E-state index in [9.17, 15) is 9.59 Å². The molecule has 1 aromatic heterocycles. The van der Waals surface area contributed by atoms with E-state index in [0.717, 1.165) is 43.3 Å². The van der Waals surface area contributed by atoms with Gasteiger partial charge in [0, 0.05) is 74.9 Å². The number of para-hydroxylation sites is 1. The second-order valence-electron chi connectivity index (χ2n) is 11.7. The topological polar surface area (TPSA) is 96.1 Å². The highest BCUT2D eigenvalue weighted by molar-refractivity contribution is 5.98. The minimum absolute atomic E-state index is 0.0134. The number of hydrogen-bond acceptors (Lipinski definition) is 6. The monoisotopic (exact) mass is 576 g/mol. The molecule has 0 bridgehead atoms. The summed E-state index contributed by atoms with van der Waals surface area (Å²) >= 11 is 0. The average molecular weight is 577 g/mol. The number of amides is 2. The molecule has 226 valence electrons. The van der Waals surface area contributed by atoms with Gasteiger partial charge in [-0.15, -0.1) is 0 Å². The quantitative estimate of drug-likeness (QED) is 0.273. The molecule has 2 aliphatic rings. The molecule has 2 heterocycles. The Balaban J connectivity index is 1.28. The first-order valence-electron chi connectivity index (χ1n) is 15.1. The van der Waals surface area contributed by atoms with Crippen LogP contribution in [0.25, 0.3) is 10.9 Å². The Labute approximate surface area is 248 Å². The number of methoxy groups -OCH3 is 2. The largest absolute Gasteiger partial charge is 0.493 e. The molecule has 2 fully saturated rings. The van der Waals surface area contributed by atoms with E-state index in [0.29, 0.717) is 49.1 Å². The Kier molecular flexibility index (Phi) is 9.69. The molecule has 9 nitrogen and oxygen atoms in total. The number of nitrogens with one attached hydrogen (secondary N) is 2. The molecule has 1 aliphatic carbocycles. The maximum Gasteiger partial charge on any atom is 0.270 e. The Morgan fingerprint density at radius 2 is 1.69 bits per heavy atom. The molecule has 2 aromatic carbocycles. The molecule has 2 N–H and O–H groups in total. The fraction of sp³-hybridized carbons (Fsp3) is 0.515. The van der Waals surface area contributed by atoms with Crippen molar-refractivity contribution in [2.24, 2.45) is 11.8 Å². The van der Waals surface area contributed by atoms with Crippen LogP contribution in [0.4, 0.5) is 0 Å². The molecule has 0 spiro atoms. The predicted molar refractivity (Wildman–Crippen MR) is 163 cm³/mol. The number of fused-ring (bicyclic) bond motifs is 1. The van der Waals surface area contributed by atoms with Gasteiger partial charge in [0.05, 0.1) is 13.7 Å². The van der Waals surface area contributed by atoms with Gasteiger partial charge < -0.3 is 34.3 Å². The van der Waals surface area contributed by atoms with Crippen LogP contribution in [-0.4, -0.2) is 92.3 Å². The molecule has 2 atom stereocenters. The summed E-state index contributed by atoms with van der Waals surface area (Å²) < 4.78 is 16.5. The lowest BCUT2D eigenvalue weighted by Gasteiger charge is -2.33. The van der Waals surface area contributed by atoms with E-state index >= 15 is 0 Å². The third kappa shape index (κ3) is 6.90. The van der Waals surface area contributed by atoms with Gasteiger partial charge in [-0.25, -0.2) is 0 Å². The van der Waals surface area contributed by atoms with E-state index in [1.54, 1.807) is 32.4 Å². The zero-order valence-electron chi connectivity index (χ0n) is 25.2. The second kappa shape index (κ2) is 13.6. The van der Waals surface area contributed by atoms with Crippen molar-refractivity contribution in [2.75, 3.05) is 53.6 Å². The molecule has 0 radical (unpaired) electrons. The first-order valence-corrected chi connectivity index (χ1v) is 15.1. The van der Waals surface area contributed by atoms with E-state index < -0.39 is 0 Å². The summed E-state index contributed by atoms with van der Waals surface area (Å²) in [6.45, 7) is 8.12. The highest BCUT2D eigenvalue weighted by atomic mass is 16.5. The van der Waals surface area contributed by atoms with Crippen LogP contribution in [-0.2, 0) is 4.74 Å². The summed E-state index contributed by atoms with van der Waals surface area (Å²) in [5, 5.41) is 4.58. The van der Waals surface area contributed by atoms with Crippen molar-refractivity contribution in [3.8, 4) is 11.5 Å². The van der Waals surface area contributed by atoms with E-state index in [4.69, 9.17) is 14.2 Å². The van der Waals surface area contributed by atoms with Crippen molar-refractivity contribution in [1.29, 1.82) is 0 Å². The number of carbonyl (C=O) groups is 2. The van der Waals surface area contributed by atoms with E-state index in [2.05, 4.69) is 29.0 Å². The summed E-state index contributed by atoms with van der Waals surface area (Å²) in [7, 11) is 3.26. The van der Waals surface area contributed by atoms with Crippen LogP contribution in [0.3, 0.4) is 0 Å². The summed E-state index contributed by atoms with van der Waals surface area (Å²) in [5.74, 6) is 1.67. The Morgan fingerprint density at radius 3 is 2.38 bits per heavy atom. The Bertz CT molecular complexity index is 1330. The van der Waals surface area contributed by atoms with E-state index in [-0.39, 0.29) is 35.7 Å². The minimum atomic E-state index is -0.0340. The molecule has 1 saturated heterocycles. The van der Waals surface area contributed by atoms with Crippen molar-refractivity contribution in [3.63, 3.8) is 0 Å². The van der Waals surface area contributed by atoms with E-state index in [1.807, 2.05) is 35.2 Å². The number of benzene rings is 2. The molecule has 9 heteroatoms. The fourth-order valence-electron chi connectivity index (χ4n) is 5.85. The summed E-state index contributed by atoms with van der Waals surface area (Å²) in [6, 6.07) is 15.6. The van der Waals surface area contributed by atoms with Gasteiger partial charge in [0.15, 0.2) is 11.5 Å². The van der Waals surface area contributed by atoms with Crippen LogP contribution in [0.5, 0.6) is 11.5 Å². The number of hydrogen-bond donors (Lipinski definition) is 2. The number of H-pyrrole nitrogens is 1. The number of aromatic nitrogens is 1. The average Bonchev–Trinajstić information content (AvgIpc) is 3.59. The SMILES string of the molecule is COCCCOc1cc(C(=O)N(C[C@@H]2CNC[C@H]2CN(C(=O)c2cc3ccccc3[nH]2)C2CC2)C(C)C)ccc1OC. The summed E-state index contributed by atoms with van der Waals surface area (Å²) in [4.78, 5) is 34.9. The number of aromatic amines is 1. The molecule has 1 saturated carbocycles. The number of nitrogens with zero attached hydrogens (tertiary/aromatic N) is 2. The molecule has 2 amide bonds. The zero-order valence-corrected chi connectivity index (χ0v) is 25.2. The fourth-order valence-corrected chi connectivity index (χ4v) is 5.85. The van der Waals surface area contributed by atoms with Crippen LogP contribution in [0.1, 0.15) is 54.0 Å². The third-order valence-corrected chi connectivity index (χ3v) is 8.40. The van der Waals surface area contributed by atoms with Gasteiger partial charge in [-0.05, 0) is 68.9 Å². The number of carbonyl (C=O) groups excluding carboxylic acids is 2. The Morgan fingerprint density at radius 1 is 0.929 bits per heavy atom. The van der Waals surface area contributed by atoms with Crippen molar-refractivity contribution >= 4 is 22.7 Å². The normalized spacial score (nSPS) is 18.4. The summed E-state index contributed by atoms with van der Waals surface area (Å²) in [6.07, 6.45) is 2.83. The molecule has 0 unspecified atom stereocenters. The molecule has 3 aromatic rings. The van der Waals surface area contributed by atoms with Gasteiger partial charge in [0.2, 0.25) is 0 Å². The van der Waals surface area contributed by atoms with E-state index in [1.165, 1.54) is 0 Å². The molecule has 1 aliphatic heterocycles. The highest BCUT2D eigenvalue weighted by Gasteiger charge is 2.39. The molecule has 5 rings (SSSR count). The maximum atomic E-state index is 13.8. The standard InChI is InChI=1S/C33H44N4O5/c1-22(2)36(32(38)24-10-13-30(41-4)31(17-24)42-15-7-14-40-3)20-25-18-34-19-26(25)21-37(27-11-12-27)33(39)29-16-23-8-5-6-9-28(23)35-29/h5-6,8-10,13,16-17,22,25-27,34-35H,7,11-12,14-15,18-21H2,1-4H3/t25-,26-/m0/s1. The highest BCUT2D eigenvalue weighted by Crippen LogP contribution is 2.33. The van der Waals surface area contributed by atoms with Crippen LogP contribution in [0.2, 0.25) is 0 Å². The smallest absolute Gasteiger partial charge is 0.270 e. The molecule has 42 heavy (non-hydrogen) atoms. The second-order valence-corrected chi connectivity index (χ2v) is 11.7. The van der Waals surface area contributed by atoms with Gasteiger partial charge in [0.25, 0.3) is 11.8 Å². The number of ether oxygens (including phenoxy) is 3. The van der Waals surface area contributed by atoms with Crippen molar-refractivity contribution in [1.82, 2.24) is 20.1 Å². The van der Waals surface area contributed by atoms with Gasteiger partial charge >= 0.3 is 0 Å². The van der Waals surface area contributed by atoms with Gasteiger partial charge in [-0.1, -0.05) is 18.2 Å². The van der Waals surface area contributed by atoms with Gasteiger partial charge in [-0.2, -0.15) is 0 Å². The van der Waals surface area contributed by atoms with Gasteiger partial charge in [0.1, 0.15) is 5.69 Å². The van der Waals surface area contributed by atoms with Gasteiger partial charge in [-0.3, -0.25) is 9.59 Å². The minimum Gasteiger partial charge on any atom is -0.493 e. The first-order chi connectivity index (χ1) is 20.4. The lowest BCUT2D eigenvalue weighted by atomic mass is 9.93. The Hall–Kier alpha value is -3.56. The first kappa shape index (κ1) is 29.9. The predicted octanol–water partition coefficient (Wildman–Crippen LogP) is 4.58. The van der Waals surface area contributed by atoms with Crippen molar-refractivity contribution in [3.05, 3.63) is 59.8 Å². The zero-order chi connectivity index (χ0) is 29.6. The molecular formula is C33H44N4O5. The van der Waals surface area contributed by atoms with Crippen LogP contribution < -0.4 is 14.8 Å².